The maximum atomic E-state index is 12.3. The quantitative estimate of drug-likeness (QED) is 0.635. The molecule has 0 aliphatic carbocycles. The molecular weight excluding hydrogens is 388 g/mol. The number of ether oxygens (including phenoxy) is 1. The second-order valence-corrected chi connectivity index (χ2v) is 8.04. The fourth-order valence-corrected chi connectivity index (χ4v) is 4.07. The van der Waals surface area contributed by atoms with Crippen LogP contribution < -0.4 is 5.32 Å². The molecular formula is C22H31ClN4O2. The van der Waals surface area contributed by atoms with E-state index in [0.29, 0.717) is 24.8 Å². The van der Waals surface area contributed by atoms with Gasteiger partial charge in [-0.3, -0.25) is 9.69 Å². The van der Waals surface area contributed by atoms with Gasteiger partial charge < -0.3 is 10.1 Å². The smallest absolute Gasteiger partial charge is 0.223 e. The van der Waals surface area contributed by atoms with Crippen LogP contribution in [0.15, 0.2) is 30.3 Å². The molecule has 1 aliphatic heterocycles. The van der Waals surface area contributed by atoms with Crippen LogP contribution in [0.25, 0.3) is 0 Å². The Labute approximate surface area is 178 Å². The minimum Gasteiger partial charge on any atom is -0.385 e. The summed E-state index contributed by atoms with van der Waals surface area (Å²) in [4.78, 5) is 14.7. The van der Waals surface area contributed by atoms with Crippen molar-refractivity contribution in [2.24, 2.45) is 5.92 Å². The van der Waals surface area contributed by atoms with Crippen LogP contribution in [-0.4, -0.2) is 53.9 Å². The molecule has 0 spiro atoms. The number of rotatable bonds is 9. The number of carbonyl (C=O) groups excluding carboxylic acids is 1. The highest BCUT2D eigenvalue weighted by atomic mass is 35.5. The monoisotopic (exact) mass is 418 g/mol. The van der Waals surface area contributed by atoms with E-state index in [1.165, 1.54) is 5.56 Å². The largest absolute Gasteiger partial charge is 0.385 e. The zero-order valence-corrected chi connectivity index (χ0v) is 18.1. The number of halogens is 1. The van der Waals surface area contributed by atoms with Gasteiger partial charge >= 0.3 is 0 Å². The number of nitrogens with one attached hydrogen (secondary N) is 1. The van der Waals surface area contributed by atoms with Crippen LogP contribution in [0.1, 0.15) is 36.1 Å². The molecule has 1 aromatic heterocycles. The van der Waals surface area contributed by atoms with Crippen molar-refractivity contribution in [1.82, 2.24) is 20.0 Å². The summed E-state index contributed by atoms with van der Waals surface area (Å²) in [7, 11) is 1.68. The van der Waals surface area contributed by atoms with Gasteiger partial charge in [0.1, 0.15) is 5.15 Å². The fraction of sp³-hybridized carbons (Fsp3) is 0.545. The molecule has 7 heteroatoms. The van der Waals surface area contributed by atoms with E-state index in [1.54, 1.807) is 7.11 Å². The van der Waals surface area contributed by atoms with Crippen LogP contribution in [0.3, 0.4) is 0 Å². The van der Waals surface area contributed by atoms with E-state index in [-0.39, 0.29) is 11.8 Å². The van der Waals surface area contributed by atoms with Crippen LogP contribution in [-0.2, 0) is 22.6 Å². The van der Waals surface area contributed by atoms with Gasteiger partial charge in [0.15, 0.2) is 0 Å². The molecule has 2 aromatic rings. The number of benzene rings is 1. The van der Waals surface area contributed by atoms with Crippen molar-refractivity contribution in [2.45, 2.75) is 39.3 Å². The first kappa shape index (κ1) is 21.8. The Hall–Kier alpha value is -1.89. The second-order valence-electron chi connectivity index (χ2n) is 7.69. The lowest BCUT2D eigenvalue weighted by Gasteiger charge is -2.31. The lowest BCUT2D eigenvalue weighted by molar-refractivity contribution is -0.126. The van der Waals surface area contributed by atoms with Crippen molar-refractivity contribution in [3.8, 4) is 0 Å². The molecule has 1 aliphatic rings. The molecule has 158 valence electrons. The standard InChI is InChI=1S/C22H31ClN4O2/c1-17-20(21(23)27(25-17)15-18-7-4-3-5-8-18)16-26-12-9-19(10-13-26)22(28)24-11-6-14-29-2/h3-5,7-8,19H,6,9-16H2,1-2H3,(H,24,28). The molecule has 1 fully saturated rings. The number of hydrogen-bond acceptors (Lipinski definition) is 4. The molecule has 0 atom stereocenters. The second kappa shape index (κ2) is 10.8. The Balaban J connectivity index is 1.51. The van der Waals surface area contributed by atoms with Crippen molar-refractivity contribution >= 4 is 17.5 Å². The third-order valence-electron chi connectivity index (χ3n) is 5.52. The normalized spacial score (nSPS) is 15.6. The van der Waals surface area contributed by atoms with Gasteiger partial charge in [0.05, 0.1) is 12.2 Å². The van der Waals surface area contributed by atoms with E-state index < -0.39 is 0 Å². The minimum atomic E-state index is 0.103. The number of nitrogens with zero attached hydrogens (tertiary/aromatic N) is 3. The molecule has 0 saturated carbocycles. The van der Waals surface area contributed by atoms with Gasteiger partial charge in [-0.25, -0.2) is 4.68 Å². The van der Waals surface area contributed by atoms with Crippen LogP contribution in [0, 0.1) is 12.8 Å². The minimum absolute atomic E-state index is 0.103. The van der Waals surface area contributed by atoms with Crippen LogP contribution in [0.2, 0.25) is 5.15 Å². The first-order chi connectivity index (χ1) is 14.1. The van der Waals surface area contributed by atoms with Gasteiger partial charge in [0.25, 0.3) is 0 Å². The molecule has 0 bridgehead atoms. The number of aryl methyl sites for hydroxylation is 1. The average Bonchev–Trinajstić information content (AvgIpc) is 2.99. The van der Waals surface area contributed by atoms with Crippen molar-refractivity contribution < 1.29 is 9.53 Å². The molecule has 3 rings (SSSR count). The zero-order chi connectivity index (χ0) is 20.6. The average molecular weight is 419 g/mol. The Morgan fingerprint density at radius 1 is 1.24 bits per heavy atom. The SMILES string of the molecule is COCCCNC(=O)C1CCN(Cc2c(C)nn(Cc3ccccc3)c2Cl)CC1. The molecule has 1 saturated heterocycles. The number of aromatic nitrogens is 2. The molecule has 1 amide bonds. The summed E-state index contributed by atoms with van der Waals surface area (Å²) in [6, 6.07) is 10.2. The number of piperidine rings is 1. The topological polar surface area (TPSA) is 59.4 Å². The Morgan fingerprint density at radius 2 is 1.97 bits per heavy atom. The van der Waals surface area contributed by atoms with Crippen LogP contribution >= 0.6 is 11.6 Å². The highest BCUT2D eigenvalue weighted by molar-refractivity contribution is 6.30. The first-order valence-corrected chi connectivity index (χ1v) is 10.7. The maximum absolute atomic E-state index is 12.3. The summed E-state index contributed by atoms with van der Waals surface area (Å²) in [6.07, 6.45) is 2.61. The van der Waals surface area contributed by atoms with E-state index >= 15 is 0 Å². The van der Waals surface area contributed by atoms with Gasteiger partial charge in [-0.15, -0.1) is 0 Å². The highest BCUT2D eigenvalue weighted by Gasteiger charge is 2.26. The Bertz CT molecular complexity index is 786. The summed E-state index contributed by atoms with van der Waals surface area (Å²) in [5.74, 6) is 0.275. The van der Waals surface area contributed by atoms with Gasteiger partial charge in [-0.2, -0.15) is 5.10 Å². The van der Waals surface area contributed by atoms with Gasteiger partial charge in [0, 0.05) is 38.3 Å². The number of amides is 1. The van der Waals surface area contributed by atoms with Crippen LogP contribution in [0.5, 0.6) is 0 Å². The third-order valence-corrected chi connectivity index (χ3v) is 5.95. The van der Waals surface area contributed by atoms with E-state index in [2.05, 4.69) is 27.4 Å². The highest BCUT2D eigenvalue weighted by Crippen LogP contribution is 2.25. The van der Waals surface area contributed by atoms with Crippen molar-refractivity contribution in [3.05, 3.63) is 52.3 Å². The van der Waals surface area contributed by atoms with Crippen molar-refractivity contribution in [3.63, 3.8) is 0 Å². The summed E-state index contributed by atoms with van der Waals surface area (Å²) in [6.45, 7) is 6.63. The number of methoxy groups -OCH3 is 1. The van der Waals surface area contributed by atoms with E-state index in [0.717, 1.165) is 50.2 Å². The molecule has 6 nitrogen and oxygen atoms in total. The van der Waals surface area contributed by atoms with Gasteiger partial charge in [0.2, 0.25) is 5.91 Å². The fourth-order valence-electron chi connectivity index (χ4n) is 3.78. The lowest BCUT2D eigenvalue weighted by Crippen LogP contribution is -2.40. The number of carbonyl (C=O) groups is 1. The summed E-state index contributed by atoms with van der Waals surface area (Å²) in [5.41, 5.74) is 3.25. The van der Waals surface area contributed by atoms with Gasteiger partial charge in [-0.05, 0) is 44.8 Å². The Morgan fingerprint density at radius 3 is 2.66 bits per heavy atom. The molecule has 0 radical (unpaired) electrons. The third kappa shape index (κ3) is 6.04. The first-order valence-electron chi connectivity index (χ1n) is 10.3. The van der Waals surface area contributed by atoms with Crippen molar-refractivity contribution in [2.75, 3.05) is 33.4 Å². The molecule has 2 heterocycles. The summed E-state index contributed by atoms with van der Waals surface area (Å²) >= 11 is 6.66. The molecule has 1 aromatic carbocycles. The van der Waals surface area contributed by atoms with E-state index in [1.807, 2.05) is 29.8 Å². The molecule has 1 N–H and O–H groups in total. The van der Waals surface area contributed by atoms with E-state index in [4.69, 9.17) is 16.3 Å². The lowest BCUT2D eigenvalue weighted by atomic mass is 9.95. The molecule has 29 heavy (non-hydrogen) atoms. The van der Waals surface area contributed by atoms with Gasteiger partial charge in [-0.1, -0.05) is 41.9 Å². The predicted octanol–water partition coefficient (Wildman–Crippen LogP) is 3.26. The molecule has 0 unspecified atom stereocenters. The number of hydrogen-bond donors (Lipinski definition) is 1. The zero-order valence-electron chi connectivity index (χ0n) is 17.4. The maximum Gasteiger partial charge on any atom is 0.223 e. The van der Waals surface area contributed by atoms with E-state index in [9.17, 15) is 4.79 Å². The summed E-state index contributed by atoms with van der Waals surface area (Å²) < 4.78 is 6.90. The van der Waals surface area contributed by atoms with Crippen molar-refractivity contribution in [1.29, 1.82) is 0 Å². The van der Waals surface area contributed by atoms with Crippen LogP contribution in [0.4, 0.5) is 0 Å². The summed E-state index contributed by atoms with van der Waals surface area (Å²) in [5, 5.41) is 8.38. The Kier molecular flexibility index (Phi) is 8.09. The number of likely N-dealkylation sites (tertiary alicyclic amines) is 1. The predicted molar refractivity (Wildman–Crippen MR) is 115 cm³/mol.